The zero-order valence-corrected chi connectivity index (χ0v) is 27.6. The van der Waals surface area contributed by atoms with Gasteiger partial charge in [-0.15, -0.1) is 0 Å². The van der Waals surface area contributed by atoms with E-state index in [2.05, 4.69) is 78.9 Å². The van der Waals surface area contributed by atoms with Gasteiger partial charge in [0.2, 0.25) is 17.0 Å². The first-order chi connectivity index (χ1) is 22.7. The molecule has 2 N–H and O–H groups in total. The molecule has 0 radical (unpaired) electrons. The summed E-state index contributed by atoms with van der Waals surface area (Å²) in [5.74, 6) is -0.339. The van der Waals surface area contributed by atoms with Crippen molar-refractivity contribution in [1.82, 2.24) is 19.8 Å². The number of benzene rings is 3. The molecule has 4 aromatic rings. The Balaban J connectivity index is 1.41. The van der Waals surface area contributed by atoms with Gasteiger partial charge in [0.05, 0.1) is 31.4 Å². The minimum Gasteiger partial charge on any atom is -0.465 e. The van der Waals surface area contributed by atoms with E-state index in [0.29, 0.717) is 30.7 Å². The summed E-state index contributed by atoms with van der Waals surface area (Å²) in [5, 5.41) is 6.43. The van der Waals surface area contributed by atoms with E-state index in [0.717, 1.165) is 24.5 Å². The Morgan fingerprint density at radius 3 is 1.77 bits per heavy atom. The molecular weight excluding hydrogens is 614 g/mol. The Morgan fingerprint density at radius 1 is 0.766 bits per heavy atom. The van der Waals surface area contributed by atoms with Crippen LogP contribution in [0.1, 0.15) is 49.3 Å². The lowest BCUT2D eigenvalue weighted by atomic mass is 9.96. The Kier molecular flexibility index (Phi) is 10.9. The predicted octanol–water partition coefficient (Wildman–Crippen LogP) is 5.24. The smallest absolute Gasteiger partial charge is 0.337 e. The molecule has 2 heterocycles. The fourth-order valence-corrected chi connectivity index (χ4v) is 5.76. The molecule has 0 saturated carbocycles. The minimum atomic E-state index is -0.607. The van der Waals surface area contributed by atoms with Gasteiger partial charge in [-0.3, -0.25) is 10.2 Å². The van der Waals surface area contributed by atoms with E-state index < -0.39 is 11.9 Å². The van der Waals surface area contributed by atoms with Crippen molar-refractivity contribution in [2.75, 3.05) is 51.0 Å². The average molecular weight is 652 g/mol. The van der Waals surface area contributed by atoms with Gasteiger partial charge in [-0.25, -0.2) is 19.6 Å². The third kappa shape index (κ3) is 8.54. The molecule has 0 aliphatic carbocycles. The number of nitrogens with zero attached hydrogens (tertiary/aromatic N) is 5. The molecule has 1 saturated heterocycles. The number of thiocarbonyl (C=S) groups is 1. The molecule has 11 nitrogen and oxygen atoms in total. The van der Waals surface area contributed by atoms with Crippen LogP contribution in [0.15, 0.2) is 89.9 Å². The molecule has 0 amide bonds. The number of methoxy groups -OCH3 is 2. The zero-order chi connectivity index (χ0) is 33.3. The number of rotatable bonds is 7. The number of hydrogen-bond donors (Lipinski definition) is 2. The number of aliphatic imine (C=N–C) groups is 1. The van der Waals surface area contributed by atoms with Crippen molar-refractivity contribution in [3.8, 4) is 0 Å². The van der Waals surface area contributed by atoms with Crippen molar-refractivity contribution in [3.05, 3.63) is 119 Å². The number of esters is 2. The largest absolute Gasteiger partial charge is 0.465 e. The monoisotopic (exact) mass is 651 g/mol. The van der Waals surface area contributed by atoms with Gasteiger partial charge in [0.25, 0.3) is 0 Å². The van der Waals surface area contributed by atoms with Crippen LogP contribution < -0.4 is 10.6 Å². The number of carbonyl (C=O) groups is 2. The van der Waals surface area contributed by atoms with Crippen molar-refractivity contribution in [3.63, 3.8) is 0 Å². The van der Waals surface area contributed by atoms with Crippen LogP contribution in [0.25, 0.3) is 0 Å². The van der Waals surface area contributed by atoms with E-state index in [1.54, 1.807) is 0 Å². The fraction of sp³-hybridized carbons (Fsp3) is 0.257. The van der Waals surface area contributed by atoms with Crippen LogP contribution in [0.2, 0.25) is 0 Å². The molecule has 0 bridgehead atoms. The summed E-state index contributed by atoms with van der Waals surface area (Å²) in [5.41, 5.74) is 4.79. The van der Waals surface area contributed by atoms with Crippen LogP contribution in [0.4, 0.5) is 11.6 Å². The van der Waals surface area contributed by atoms with E-state index in [-0.39, 0.29) is 22.3 Å². The molecule has 0 unspecified atom stereocenters. The number of piperazine rings is 1. The molecule has 242 valence electrons. The fourth-order valence-electron chi connectivity index (χ4n) is 5.56. The van der Waals surface area contributed by atoms with Crippen LogP contribution in [0.5, 0.6) is 0 Å². The SMILES string of the molecule is COC(=O)c1cc(NC(=S)/N=C(\Nc2nc(C)cc(C)n2)N2CCN(C(c3ccccc3)c3ccccc3)CC2)cc(C(=O)OC)c1. The molecule has 1 aliphatic heterocycles. The number of aryl methyl sites for hydroxylation is 2. The maximum Gasteiger partial charge on any atom is 0.337 e. The molecular formula is C35H37N7O4S. The maximum atomic E-state index is 12.3. The first-order valence-corrected chi connectivity index (χ1v) is 15.5. The van der Waals surface area contributed by atoms with Crippen molar-refractivity contribution in [2.45, 2.75) is 19.9 Å². The van der Waals surface area contributed by atoms with Gasteiger partial charge < -0.3 is 19.7 Å². The van der Waals surface area contributed by atoms with Gasteiger partial charge >= 0.3 is 11.9 Å². The van der Waals surface area contributed by atoms with Gasteiger partial charge in [0.1, 0.15) is 0 Å². The molecule has 1 fully saturated rings. The van der Waals surface area contributed by atoms with Crippen LogP contribution in [0.3, 0.4) is 0 Å². The minimum absolute atomic E-state index is 0.101. The summed E-state index contributed by atoms with van der Waals surface area (Å²) in [6.07, 6.45) is 0. The van der Waals surface area contributed by atoms with Crippen molar-refractivity contribution in [2.24, 2.45) is 4.99 Å². The van der Waals surface area contributed by atoms with Gasteiger partial charge in [0.15, 0.2) is 0 Å². The molecule has 0 spiro atoms. The van der Waals surface area contributed by atoms with E-state index in [1.807, 2.05) is 32.0 Å². The highest BCUT2D eigenvalue weighted by molar-refractivity contribution is 7.80. The number of carbonyl (C=O) groups excluding carboxylic acids is 2. The zero-order valence-electron chi connectivity index (χ0n) is 26.8. The number of ether oxygens (including phenoxy) is 2. The predicted molar refractivity (Wildman–Crippen MR) is 186 cm³/mol. The summed E-state index contributed by atoms with van der Waals surface area (Å²) in [7, 11) is 2.54. The lowest BCUT2D eigenvalue weighted by molar-refractivity contribution is 0.0599. The Bertz CT molecular complexity index is 1670. The van der Waals surface area contributed by atoms with Crippen LogP contribution in [-0.4, -0.2) is 83.2 Å². The van der Waals surface area contributed by atoms with Gasteiger partial charge in [-0.2, -0.15) is 4.99 Å². The standard InChI is InChI=1S/C35H37N7O4S/c1-23-19-24(2)37-33(36-23)39-34(40-35(47)38-29-21-27(31(43)45-3)20-28(22-29)32(44)46-4)42-17-15-41(16-18-42)30(25-11-7-5-8-12-25)26-13-9-6-10-14-26/h5-14,19-22,30H,15-18H2,1-4H3,(H2,36,37,38,39,40,47). The number of nitrogens with one attached hydrogen (secondary N) is 2. The van der Waals surface area contributed by atoms with Crippen LogP contribution in [0, 0.1) is 13.8 Å². The highest BCUT2D eigenvalue weighted by Gasteiger charge is 2.28. The highest BCUT2D eigenvalue weighted by Crippen LogP contribution is 2.29. The second-order valence-electron chi connectivity index (χ2n) is 11.0. The lowest BCUT2D eigenvalue weighted by Gasteiger charge is -2.40. The lowest BCUT2D eigenvalue weighted by Crippen LogP contribution is -2.52. The third-order valence-electron chi connectivity index (χ3n) is 7.65. The molecule has 3 aromatic carbocycles. The molecule has 5 rings (SSSR count). The van der Waals surface area contributed by atoms with E-state index >= 15 is 0 Å². The van der Waals surface area contributed by atoms with Crippen molar-refractivity contribution in [1.29, 1.82) is 0 Å². The first kappa shape index (κ1) is 33.2. The number of guanidine groups is 1. The normalized spacial score (nSPS) is 13.6. The van der Waals surface area contributed by atoms with Crippen molar-refractivity contribution < 1.29 is 19.1 Å². The Labute approximate surface area is 279 Å². The highest BCUT2D eigenvalue weighted by atomic mass is 32.1. The number of hydrogen-bond acceptors (Lipinski definition) is 8. The molecule has 12 heteroatoms. The average Bonchev–Trinajstić information content (AvgIpc) is 3.08. The molecule has 47 heavy (non-hydrogen) atoms. The Morgan fingerprint density at radius 2 is 1.28 bits per heavy atom. The second kappa shape index (κ2) is 15.4. The quantitative estimate of drug-likeness (QED) is 0.118. The van der Waals surface area contributed by atoms with E-state index in [1.165, 1.54) is 43.5 Å². The van der Waals surface area contributed by atoms with Crippen LogP contribution >= 0.6 is 12.2 Å². The van der Waals surface area contributed by atoms with Crippen molar-refractivity contribution >= 4 is 46.9 Å². The summed E-state index contributed by atoms with van der Waals surface area (Å²) in [6.45, 7) is 6.63. The van der Waals surface area contributed by atoms with Gasteiger partial charge in [-0.1, -0.05) is 60.7 Å². The van der Waals surface area contributed by atoms with E-state index in [4.69, 9.17) is 26.7 Å². The van der Waals surface area contributed by atoms with Crippen LogP contribution in [-0.2, 0) is 9.47 Å². The van der Waals surface area contributed by atoms with Gasteiger partial charge in [-0.05, 0) is 61.5 Å². The van der Waals surface area contributed by atoms with E-state index in [9.17, 15) is 9.59 Å². The summed E-state index contributed by atoms with van der Waals surface area (Å²) in [6, 6.07) is 27.5. The first-order valence-electron chi connectivity index (χ1n) is 15.1. The Hall–Kier alpha value is -5.20. The summed E-state index contributed by atoms with van der Waals surface area (Å²) in [4.78, 5) is 43.1. The molecule has 1 aliphatic rings. The summed E-state index contributed by atoms with van der Waals surface area (Å²) >= 11 is 5.67. The second-order valence-corrected chi connectivity index (χ2v) is 11.4. The van der Waals surface area contributed by atoms with Gasteiger partial charge in [0, 0.05) is 43.3 Å². The summed E-state index contributed by atoms with van der Waals surface area (Å²) < 4.78 is 9.72. The maximum absolute atomic E-state index is 12.3. The topological polar surface area (TPSA) is 121 Å². The third-order valence-corrected chi connectivity index (χ3v) is 7.84. The number of anilines is 2. The molecule has 0 atom stereocenters. The number of aromatic nitrogens is 2. The molecule has 1 aromatic heterocycles.